The summed E-state index contributed by atoms with van der Waals surface area (Å²) < 4.78 is 14.0. The number of nitrogens with zero attached hydrogens (tertiary/aromatic N) is 1. The van der Waals surface area contributed by atoms with Crippen molar-refractivity contribution < 1.29 is 18.9 Å². The number of amides is 2. The minimum atomic E-state index is -2.20. The average molecular weight is 359 g/mol. The van der Waals surface area contributed by atoms with Crippen LogP contribution in [-0.4, -0.2) is 22.8 Å². The average Bonchev–Trinajstić information content (AvgIpc) is 3.38. The van der Waals surface area contributed by atoms with Crippen LogP contribution in [0.25, 0.3) is 0 Å². The molecule has 26 heavy (non-hydrogen) atoms. The molecular formula is C18H18FN3O4. The minimum absolute atomic E-state index is 0.0641. The zero-order chi connectivity index (χ0) is 19.1. The Labute approximate surface area is 148 Å². The number of aryl methyl sites for hydroxylation is 1. The zero-order valence-corrected chi connectivity index (χ0v) is 14.1. The molecule has 3 rings (SSSR count). The van der Waals surface area contributed by atoms with Crippen molar-refractivity contribution in [3.8, 4) is 0 Å². The highest BCUT2D eigenvalue weighted by molar-refractivity contribution is 5.95. The second-order valence-corrected chi connectivity index (χ2v) is 6.63. The van der Waals surface area contributed by atoms with Gasteiger partial charge in [-0.2, -0.15) is 0 Å². The van der Waals surface area contributed by atoms with E-state index in [0.29, 0.717) is 5.56 Å². The van der Waals surface area contributed by atoms with Crippen LogP contribution in [0.2, 0.25) is 0 Å². The number of nitrogens with two attached hydrogens (primary N) is 1. The molecule has 2 aliphatic carbocycles. The minimum Gasteiger partial charge on any atom is -0.369 e. The molecule has 2 unspecified atom stereocenters. The smallest absolute Gasteiger partial charge is 0.283 e. The first-order valence-electron chi connectivity index (χ1n) is 8.18. The quantitative estimate of drug-likeness (QED) is 0.617. The SMILES string of the molecule is Cc1ccc(C(=O)NC2CC2)cc1C1([N+](=O)[O-])C=C(F)C=CC1C(N)=O. The van der Waals surface area contributed by atoms with Crippen molar-refractivity contribution >= 4 is 11.8 Å². The molecule has 1 saturated carbocycles. The van der Waals surface area contributed by atoms with Gasteiger partial charge in [0.1, 0.15) is 11.7 Å². The van der Waals surface area contributed by atoms with Crippen LogP contribution in [0.3, 0.4) is 0 Å². The number of hydrogen-bond donors (Lipinski definition) is 2. The summed E-state index contributed by atoms with van der Waals surface area (Å²) in [4.78, 5) is 35.5. The number of carbonyl (C=O) groups is 2. The lowest BCUT2D eigenvalue weighted by Crippen LogP contribution is -2.48. The van der Waals surface area contributed by atoms with Gasteiger partial charge in [-0.3, -0.25) is 19.7 Å². The predicted octanol–water partition coefficient (Wildman–Crippen LogP) is 1.88. The Morgan fingerprint density at radius 3 is 2.65 bits per heavy atom. The highest BCUT2D eigenvalue weighted by atomic mass is 19.1. The topological polar surface area (TPSA) is 115 Å². The number of nitro groups is 1. The monoisotopic (exact) mass is 359 g/mol. The van der Waals surface area contributed by atoms with Gasteiger partial charge in [-0.05, 0) is 43.5 Å². The van der Waals surface area contributed by atoms with E-state index in [1.54, 1.807) is 19.1 Å². The highest BCUT2D eigenvalue weighted by Gasteiger charge is 2.55. The summed E-state index contributed by atoms with van der Waals surface area (Å²) in [6.07, 6.45) is 4.65. The van der Waals surface area contributed by atoms with Crippen LogP contribution in [0.4, 0.5) is 4.39 Å². The van der Waals surface area contributed by atoms with E-state index in [2.05, 4.69) is 5.32 Å². The third kappa shape index (κ3) is 2.98. The Kier molecular flexibility index (Phi) is 4.35. The van der Waals surface area contributed by atoms with E-state index in [0.717, 1.165) is 31.1 Å². The highest BCUT2D eigenvalue weighted by Crippen LogP contribution is 2.41. The van der Waals surface area contributed by atoms with Crippen LogP contribution < -0.4 is 11.1 Å². The summed E-state index contributed by atoms with van der Waals surface area (Å²) in [5.74, 6) is -3.53. The summed E-state index contributed by atoms with van der Waals surface area (Å²) in [7, 11) is 0. The maximum absolute atomic E-state index is 14.0. The standard InChI is InChI=1S/C18H18FN3O4/c1-10-2-3-11(17(24)21-13-5-6-13)8-15(10)18(22(25)26)9-12(19)4-7-14(18)16(20)23/h2-4,7-9,13-14H,5-6H2,1H3,(H2,20,23)(H,21,24). The number of benzene rings is 1. The van der Waals surface area contributed by atoms with Crippen LogP contribution in [0.15, 0.2) is 42.3 Å². The van der Waals surface area contributed by atoms with Crippen molar-refractivity contribution in [3.05, 3.63) is 69.1 Å². The summed E-state index contributed by atoms with van der Waals surface area (Å²) >= 11 is 0. The Morgan fingerprint density at radius 1 is 1.38 bits per heavy atom. The van der Waals surface area contributed by atoms with E-state index in [1.807, 2.05) is 0 Å². The number of rotatable bonds is 5. The summed E-state index contributed by atoms with van der Waals surface area (Å²) in [6.45, 7) is 1.60. The molecule has 0 aliphatic heterocycles. The Morgan fingerprint density at radius 2 is 2.08 bits per heavy atom. The molecule has 0 bridgehead atoms. The van der Waals surface area contributed by atoms with Crippen LogP contribution in [-0.2, 0) is 10.3 Å². The molecule has 2 amide bonds. The second-order valence-electron chi connectivity index (χ2n) is 6.63. The van der Waals surface area contributed by atoms with E-state index in [-0.39, 0.29) is 23.1 Å². The number of halogens is 1. The lowest BCUT2D eigenvalue weighted by atomic mass is 9.73. The van der Waals surface area contributed by atoms with Crippen LogP contribution in [0.1, 0.15) is 34.3 Å². The van der Waals surface area contributed by atoms with E-state index in [9.17, 15) is 24.1 Å². The molecule has 0 spiro atoms. The number of hydrogen-bond acceptors (Lipinski definition) is 4. The maximum atomic E-state index is 14.0. The molecule has 7 nitrogen and oxygen atoms in total. The molecule has 1 fully saturated rings. The van der Waals surface area contributed by atoms with Gasteiger partial charge < -0.3 is 11.1 Å². The van der Waals surface area contributed by atoms with Crippen LogP contribution in [0.5, 0.6) is 0 Å². The van der Waals surface area contributed by atoms with E-state index in [4.69, 9.17) is 5.73 Å². The molecule has 2 aliphatic rings. The first-order chi connectivity index (χ1) is 12.3. The molecule has 1 aromatic carbocycles. The summed E-state index contributed by atoms with van der Waals surface area (Å²) in [6, 6.07) is 4.55. The van der Waals surface area contributed by atoms with Gasteiger partial charge in [0.15, 0.2) is 0 Å². The number of nitrogens with one attached hydrogen (secondary N) is 1. The van der Waals surface area contributed by atoms with Gasteiger partial charge in [-0.15, -0.1) is 0 Å². The van der Waals surface area contributed by atoms with Gasteiger partial charge in [0.05, 0.1) is 0 Å². The van der Waals surface area contributed by atoms with Crippen molar-refractivity contribution in [1.29, 1.82) is 0 Å². The largest absolute Gasteiger partial charge is 0.369 e. The fourth-order valence-corrected chi connectivity index (χ4v) is 3.20. The molecule has 0 radical (unpaired) electrons. The number of carbonyl (C=O) groups excluding carboxylic acids is 2. The summed E-state index contributed by atoms with van der Waals surface area (Å²) in [5, 5.41) is 14.8. The maximum Gasteiger partial charge on any atom is 0.283 e. The van der Waals surface area contributed by atoms with E-state index < -0.39 is 28.1 Å². The van der Waals surface area contributed by atoms with Crippen molar-refractivity contribution in [1.82, 2.24) is 5.32 Å². The summed E-state index contributed by atoms with van der Waals surface area (Å²) in [5.41, 5.74) is 3.89. The molecule has 2 atom stereocenters. The van der Waals surface area contributed by atoms with Crippen molar-refractivity contribution in [2.75, 3.05) is 0 Å². The third-order valence-corrected chi connectivity index (χ3v) is 4.73. The molecule has 0 saturated heterocycles. The van der Waals surface area contributed by atoms with Crippen molar-refractivity contribution in [2.45, 2.75) is 31.3 Å². The van der Waals surface area contributed by atoms with Gasteiger partial charge in [0.2, 0.25) is 5.91 Å². The second kappa shape index (κ2) is 6.36. The van der Waals surface area contributed by atoms with Gasteiger partial charge in [0.25, 0.3) is 11.4 Å². The predicted molar refractivity (Wildman–Crippen MR) is 91.4 cm³/mol. The van der Waals surface area contributed by atoms with Crippen LogP contribution >= 0.6 is 0 Å². The van der Waals surface area contributed by atoms with Gasteiger partial charge in [-0.1, -0.05) is 12.1 Å². The van der Waals surface area contributed by atoms with Gasteiger partial charge in [0, 0.05) is 28.2 Å². The normalized spacial score (nSPS) is 24.7. The Bertz CT molecular complexity index is 860. The lowest BCUT2D eigenvalue weighted by Gasteiger charge is -2.30. The van der Waals surface area contributed by atoms with Crippen LogP contribution in [0, 0.1) is 23.0 Å². The molecule has 0 heterocycles. The van der Waals surface area contributed by atoms with E-state index >= 15 is 0 Å². The van der Waals surface area contributed by atoms with E-state index in [1.165, 1.54) is 6.07 Å². The number of allylic oxidation sites excluding steroid dienone is 2. The third-order valence-electron chi connectivity index (χ3n) is 4.73. The number of primary amides is 1. The molecule has 3 N–H and O–H groups in total. The fraction of sp³-hybridized carbons (Fsp3) is 0.333. The molecule has 8 heteroatoms. The first kappa shape index (κ1) is 17.8. The Balaban J connectivity index is 2.15. The Hall–Kier alpha value is -3.03. The van der Waals surface area contributed by atoms with Gasteiger partial charge >= 0.3 is 0 Å². The molecular weight excluding hydrogens is 341 g/mol. The molecule has 0 aromatic heterocycles. The lowest BCUT2D eigenvalue weighted by molar-refractivity contribution is -0.569. The fourth-order valence-electron chi connectivity index (χ4n) is 3.20. The molecule has 1 aromatic rings. The first-order valence-corrected chi connectivity index (χ1v) is 8.18. The zero-order valence-electron chi connectivity index (χ0n) is 14.1. The van der Waals surface area contributed by atoms with Gasteiger partial charge in [-0.25, -0.2) is 4.39 Å². The van der Waals surface area contributed by atoms with Crippen molar-refractivity contribution in [2.24, 2.45) is 11.7 Å². The van der Waals surface area contributed by atoms with Crippen molar-refractivity contribution in [3.63, 3.8) is 0 Å². The molecule has 136 valence electrons.